The van der Waals surface area contributed by atoms with E-state index in [1.807, 2.05) is 50.3 Å². The fourth-order valence-corrected chi connectivity index (χ4v) is 2.38. The predicted molar refractivity (Wildman–Crippen MR) is 85.7 cm³/mol. The third-order valence-electron chi connectivity index (χ3n) is 3.47. The minimum atomic E-state index is -0.198. The van der Waals surface area contributed by atoms with Gasteiger partial charge in [0.2, 0.25) is 0 Å². The highest BCUT2D eigenvalue weighted by molar-refractivity contribution is 5.74. The van der Waals surface area contributed by atoms with Crippen molar-refractivity contribution in [2.75, 3.05) is 6.61 Å². The Kier molecular flexibility index (Phi) is 5.83. The number of aliphatic hydroxyl groups excluding tert-OH is 1. The summed E-state index contributed by atoms with van der Waals surface area (Å²) >= 11 is 0. The number of rotatable bonds is 6. The third kappa shape index (κ3) is 5.07. The SMILES string of the molecule is CC(C)Oc1ccc(CNC(=O)N[C@@H]2C=C[C@H](CO)C2)cc1. The molecule has 1 aromatic rings. The summed E-state index contributed by atoms with van der Waals surface area (Å²) in [5.41, 5.74) is 1.02. The van der Waals surface area contributed by atoms with E-state index in [0.29, 0.717) is 6.54 Å². The lowest BCUT2D eigenvalue weighted by Crippen LogP contribution is -2.40. The molecule has 1 aromatic carbocycles. The van der Waals surface area contributed by atoms with Crippen molar-refractivity contribution in [1.29, 1.82) is 0 Å². The zero-order valence-electron chi connectivity index (χ0n) is 13.1. The lowest BCUT2D eigenvalue weighted by atomic mass is 10.1. The number of carbonyl (C=O) groups excluding carboxylic acids is 1. The zero-order chi connectivity index (χ0) is 15.9. The average Bonchev–Trinajstić information content (AvgIpc) is 2.93. The molecule has 1 aliphatic rings. The quantitative estimate of drug-likeness (QED) is 0.706. The second-order valence-electron chi connectivity index (χ2n) is 5.81. The largest absolute Gasteiger partial charge is 0.491 e. The van der Waals surface area contributed by atoms with Gasteiger partial charge in [-0.1, -0.05) is 24.3 Å². The summed E-state index contributed by atoms with van der Waals surface area (Å²) in [6, 6.07) is 7.49. The van der Waals surface area contributed by atoms with Crippen LogP contribution in [0.1, 0.15) is 25.8 Å². The van der Waals surface area contributed by atoms with E-state index >= 15 is 0 Å². The lowest BCUT2D eigenvalue weighted by molar-refractivity contribution is 0.231. The Hall–Kier alpha value is -2.01. The molecule has 22 heavy (non-hydrogen) atoms. The van der Waals surface area contributed by atoms with Crippen molar-refractivity contribution in [3.8, 4) is 5.75 Å². The Morgan fingerprint density at radius 2 is 2.05 bits per heavy atom. The molecule has 0 bridgehead atoms. The number of urea groups is 1. The van der Waals surface area contributed by atoms with Crippen LogP contribution in [0.2, 0.25) is 0 Å². The van der Waals surface area contributed by atoms with Gasteiger partial charge in [-0.25, -0.2) is 4.79 Å². The van der Waals surface area contributed by atoms with Gasteiger partial charge in [0.25, 0.3) is 0 Å². The van der Waals surface area contributed by atoms with Crippen molar-refractivity contribution >= 4 is 6.03 Å². The summed E-state index contributed by atoms with van der Waals surface area (Å²) in [6.45, 7) is 4.56. The van der Waals surface area contributed by atoms with Gasteiger partial charge in [-0.3, -0.25) is 0 Å². The number of benzene rings is 1. The fourth-order valence-electron chi connectivity index (χ4n) is 2.38. The monoisotopic (exact) mass is 304 g/mol. The van der Waals surface area contributed by atoms with Crippen molar-refractivity contribution in [3.05, 3.63) is 42.0 Å². The highest BCUT2D eigenvalue weighted by atomic mass is 16.5. The number of aliphatic hydroxyl groups is 1. The first-order chi connectivity index (χ1) is 10.6. The summed E-state index contributed by atoms with van der Waals surface area (Å²) in [7, 11) is 0. The smallest absolute Gasteiger partial charge is 0.315 e. The molecule has 0 fully saturated rings. The summed E-state index contributed by atoms with van der Waals surface area (Å²) < 4.78 is 5.58. The maximum absolute atomic E-state index is 11.8. The van der Waals surface area contributed by atoms with E-state index in [4.69, 9.17) is 9.84 Å². The molecule has 0 saturated carbocycles. The molecule has 3 N–H and O–H groups in total. The van der Waals surface area contributed by atoms with Crippen LogP contribution in [0.3, 0.4) is 0 Å². The molecule has 0 spiro atoms. The van der Waals surface area contributed by atoms with Crippen LogP contribution in [0, 0.1) is 5.92 Å². The van der Waals surface area contributed by atoms with Crippen molar-refractivity contribution < 1.29 is 14.6 Å². The highest BCUT2D eigenvalue weighted by Gasteiger charge is 2.19. The Balaban J connectivity index is 1.73. The van der Waals surface area contributed by atoms with Crippen molar-refractivity contribution in [2.24, 2.45) is 5.92 Å². The predicted octanol–water partition coefficient (Wildman–Crippen LogP) is 2.21. The van der Waals surface area contributed by atoms with Gasteiger partial charge in [0.15, 0.2) is 0 Å². The highest BCUT2D eigenvalue weighted by Crippen LogP contribution is 2.17. The van der Waals surface area contributed by atoms with Gasteiger partial charge in [-0.05, 0) is 38.0 Å². The molecule has 0 unspecified atom stereocenters. The van der Waals surface area contributed by atoms with Crippen LogP contribution < -0.4 is 15.4 Å². The summed E-state index contributed by atoms with van der Waals surface area (Å²) in [5.74, 6) is 0.980. The van der Waals surface area contributed by atoms with Crippen LogP contribution in [0.5, 0.6) is 5.75 Å². The Morgan fingerprint density at radius 3 is 2.64 bits per heavy atom. The second kappa shape index (κ2) is 7.84. The number of ether oxygens (including phenoxy) is 1. The van der Waals surface area contributed by atoms with E-state index in [1.54, 1.807) is 0 Å². The minimum absolute atomic E-state index is 0.000956. The first-order valence-corrected chi connectivity index (χ1v) is 7.66. The van der Waals surface area contributed by atoms with Gasteiger partial charge < -0.3 is 20.5 Å². The molecular formula is C17H24N2O3. The van der Waals surface area contributed by atoms with E-state index in [9.17, 15) is 4.79 Å². The molecule has 0 radical (unpaired) electrons. The van der Waals surface area contributed by atoms with Crippen LogP contribution in [0.15, 0.2) is 36.4 Å². The summed E-state index contributed by atoms with van der Waals surface area (Å²) in [5, 5.41) is 14.8. The first-order valence-electron chi connectivity index (χ1n) is 7.66. The number of hydrogen-bond donors (Lipinski definition) is 3. The average molecular weight is 304 g/mol. The van der Waals surface area contributed by atoms with E-state index in [0.717, 1.165) is 17.7 Å². The molecule has 1 aliphatic carbocycles. The number of amides is 2. The maximum atomic E-state index is 11.8. The van der Waals surface area contributed by atoms with Crippen LogP contribution in [-0.4, -0.2) is 29.9 Å². The van der Waals surface area contributed by atoms with Gasteiger partial charge in [0.1, 0.15) is 5.75 Å². The lowest BCUT2D eigenvalue weighted by Gasteiger charge is -2.14. The molecule has 5 nitrogen and oxygen atoms in total. The molecule has 0 heterocycles. The molecule has 0 aliphatic heterocycles. The zero-order valence-corrected chi connectivity index (χ0v) is 13.1. The van der Waals surface area contributed by atoms with Crippen molar-refractivity contribution in [3.63, 3.8) is 0 Å². The molecule has 2 atom stereocenters. The Labute approximate surface area is 131 Å². The summed E-state index contributed by atoms with van der Waals surface area (Å²) in [4.78, 5) is 11.8. The topological polar surface area (TPSA) is 70.6 Å². The number of carbonyl (C=O) groups is 1. The summed E-state index contributed by atoms with van der Waals surface area (Å²) in [6.07, 6.45) is 4.78. The second-order valence-corrected chi connectivity index (χ2v) is 5.81. The van der Waals surface area contributed by atoms with Gasteiger partial charge in [-0.15, -0.1) is 0 Å². The molecule has 0 aromatic heterocycles. The van der Waals surface area contributed by atoms with Gasteiger partial charge >= 0.3 is 6.03 Å². The van der Waals surface area contributed by atoms with Crippen LogP contribution in [-0.2, 0) is 6.54 Å². The Bertz CT molecular complexity index is 511. The van der Waals surface area contributed by atoms with E-state index < -0.39 is 0 Å². The van der Waals surface area contributed by atoms with Crippen LogP contribution in [0.25, 0.3) is 0 Å². The number of nitrogens with one attached hydrogen (secondary N) is 2. The van der Waals surface area contributed by atoms with Crippen molar-refractivity contribution in [2.45, 2.75) is 39.0 Å². The van der Waals surface area contributed by atoms with Gasteiger partial charge in [0, 0.05) is 25.1 Å². The first kappa shape index (κ1) is 16.4. The van der Waals surface area contributed by atoms with Crippen LogP contribution in [0.4, 0.5) is 4.79 Å². The minimum Gasteiger partial charge on any atom is -0.491 e. The molecule has 2 rings (SSSR count). The standard InChI is InChI=1S/C17H24N2O3/c1-12(2)22-16-7-4-13(5-8-16)10-18-17(21)19-15-6-3-14(9-15)11-20/h3-8,12,14-15,20H,9-11H2,1-2H3,(H2,18,19,21)/t14-,15+/m0/s1. The normalized spacial score (nSPS) is 20.2. The molecule has 5 heteroatoms. The molecular weight excluding hydrogens is 280 g/mol. The van der Waals surface area contributed by atoms with Crippen molar-refractivity contribution in [1.82, 2.24) is 10.6 Å². The van der Waals surface area contributed by atoms with Crippen LogP contribution >= 0.6 is 0 Å². The van der Waals surface area contributed by atoms with E-state index in [1.165, 1.54) is 0 Å². The Morgan fingerprint density at radius 1 is 1.32 bits per heavy atom. The number of hydrogen-bond acceptors (Lipinski definition) is 3. The molecule has 2 amide bonds. The van der Waals surface area contributed by atoms with Gasteiger partial charge in [-0.2, -0.15) is 0 Å². The third-order valence-corrected chi connectivity index (χ3v) is 3.47. The fraction of sp³-hybridized carbons (Fsp3) is 0.471. The molecule has 120 valence electrons. The maximum Gasteiger partial charge on any atom is 0.315 e. The van der Waals surface area contributed by atoms with E-state index in [2.05, 4.69) is 10.6 Å². The molecule has 0 saturated heterocycles. The van der Waals surface area contributed by atoms with E-state index in [-0.39, 0.29) is 30.7 Å². The van der Waals surface area contributed by atoms with Gasteiger partial charge in [0.05, 0.1) is 6.10 Å².